The second-order valence-corrected chi connectivity index (χ2v) is 3.11. The molecule has 4 heteroatoms. The molecule has 14 heavy (non-hydrogen) atoms. The highest BCUT2D eigenvalue weighted by Gasteiger charge is 2.30. The lowest BCUT2D eigenvalue weighted by atomic mass is 10.2. The van der Waals surface area contributed by atoms with Gasteiger partial charge in [-0.05, 0) is 0 Å². The van der Waals surface area contributed by atoms with E-state index in [0.717, 1.165) is 5.56 Å². The van der Waals surface area contributed by atoms with Crippen molar-refractivity contribution < 1.29 is 14.6 Å². The van der Waals surface area contributed by atoms with Gasteiger partial charge < -0.3 is 9.84 Å². The number of ether oxygens (including phenoxy) is 1. The van der Waals surface area contributed by atoms with Crippen molar-refractivity contribution in [3.8, 4) is 0 Å². The number of benzene rings is 1. The molecule has 1 atom stereocenters. The molecule has 1 amide bonds. The van der Waals surface area contributed by atoms with E-state index < -0.39 is 12.3 Å². The van der Waals surface area contributed by atoms with Gasteiger partial charge in [0.15, 0.2) is 6.23 Å². The number of hydrogen-bond acceptors (Lipinski definition) is 2. The molecule has 0 aliphatic carbocycles. The number of rotatable bonds is 1. The first-order valence-electron chi connectivity index (χ1n) is 4.45. The van der Waals surface area contributed by atoms with E-state index in [0.29, 0.717) is 13.2 Å². The van der Waals surface area contributed by atoms with E-state index in [1.807, 2.05) is 30.3 Å². The molecule has 1 unspecified atom stereocenters. The summed E-state index contributed by atoms with van der Waals surface area (Å²) in [6.45, 7) is 0.904. The molecule has 1 heterocycles. The third-order valence-electron chi connectivity index (χ3n) is 2.22. The lowest BCUT2D eigenvalue weighted by molar-refractivity contribution is 0.0352. The summed E-state index contributed by atoms with van der Waals surface area (Å²) in [5.74, 6) is 0. The molecular formula is C10H11NO3. The van der Waals surface area contributed by atoms with Gasteiger partial charge in [-0.1, -0.05) is 30.3 Å². The van der Waals surface area contributed by atoms with Crippen LogP contribution in [0.4, 0.5) is 4.79 Å². The van der Waals surface area contributed by atoms with E-state index in [4.69, 9.17) is 9.84 Å². The molecule has 1 fully saturated rings. The van der Waals surface area contributed by atoms with Crippen molar-refractivity contribution >= 4 is 6.09 Å². The summed E-state index contributed by atoms with van der Waals surface area (Å²) in [5, 5.41) is 8.89. The molecule has 2 rings (SSSR count). The predicted octanol–water partition coefficient (Wildman–Crippen LogP) is 1.70. The van der Waals surface area contributed by atoms with Gasteiger partial charge in [-0.15, -0.1) is 0 Å². The molecule has 0 radical (unpaired) electrons. The summed E-state index contributed by atoms with van der Waals surface area (Å²) in [4.78, 5) is 12.1. The number of nitrogens with zero attached hydrogens (tertiary/aromatic N) is 1. The first kappa shape index (κ1) is 9.02. The molecule has 0 saturated carbocycles. The minimum atomic E-state index is -0.934. The first-order valence-corrected chi connectivity index (χ1v) is 4.45. The molecule has 1 aliphatic rings. The fourth-order valence-corrected chi connectivity index (χ4v) is 1.56. The normalized spacial score (nSPS) is 21.1. The summed E-state index contributed by atoms with van der Waals surface area (Å²) in [5.41, 5.74) is 0.882. The fraction of sp³-hybridized carbons (Fsp3) is 0.300. The van der Waals surface area contributed by atoms with Crippen LogP contribution in [-0.2, 0) is 4.74 Å². The average molecular weight is 193 g/mol. The summed E-state index contributed by atoms with van der Waals surface area (Å²) in [6.07, 6.45) is -1.37. The molecule has 4 nitrogen and oxygen atoms in total. The summed E-state index contributed by atoms with van der Waals surface area (Å²) in [6, 6.07) is 9.37. The standard InChI is InChI=1S/C10H11NO3/c12-10(13)11-6-7-14-9(11)8-4-2-1-3-5-8/h1-5,9H,6-7H2,(H,12,13). The molecule has 1 saturated heterocycles. The molecule has 1 aromatic rings. The Bertz CT molecular complexity index is 325. The average Bonchev–Trinajstić information content (AvgIpc) is 2.67. The number of amides is 1. The van der Waals surface area contributed by atoms with E-state index in [9.17, 15) is 4.79 Å². The van der Waals surface area contributed by atoms with E-state index in [2.05, 4.69) is 0 Å². The zero-order valence-corrected chi connectivity index (χ0v) is 7.59. The van der Waals surface area contributed by atoms with E-state index in [-0.39, 0.29) is 0 Å². The third kappa shape index (κ3) is 1.56. The van der Waals surface area contributed by atoms with E-state index in [1.165, 1.54) is 4.90 Å². The van der Waals surface area contributed by atoms with E-state index >= 15 is 0 Å². The molecule has 74 valence electrons. The van der Waals surface area contributed by atoms with Crippen LogP contribution >= 0.6 is 0 Å². The Hall–Kier alpha value is -1.55. The second kappa shape index (κ2) is 3.67. The highest BCUT2D eigenvalue weighted by molar-refractivity contribution is 5.65. The Morgan fingerprint density at radius 1 is 1.43 bits per heavy atom. The van der Waals surface area contributed by atoms with Crippen LogP contribution in [0.2, 0.25) is 0 Å². The SMILES string of the molecule is O=C(O)N1CCOC1c1ccccc1. The highest BCUT2D eigenvalue weighted by atomic mass is 16.5. The van der Waals surface area contributed by atoms with Crippen LogP contribution in [0, 0.1) is 0 Å². The lowest BCUT2D eigenvalue weighted by Crippen LogP contribution is -2.29. The molecule has 1 N–H and O–H groups in total. The van der Waals surface area contributed by atoms with Gasteiger partial charge in [0.25, 0.3) is 0 Å². The topological polar surface area (TPSA) is 49.8 Å². The number of carbonyl (C=O) groups is 1. The molecular weight excluding hydrogens is 182 g/mol. The highest BCUT2D eigenvalue weighted by Crippen LogP contribution is 2.26. The minimum absolute atomic E-state index is 0.436. The Balaban J connectivity index is 2.22. The van der Waals surface area contributed by atoms with Gasteiger partial charge in [-0.25, -0.2) is 4.79 Å². The Morgan fingerprint density at radius 2 is 2.14 bits per heavy atom. The van der Waals surface area contributed by atoms with Crippen molar-refractivity contribution in [2.45, 2.75) is 6.23 Å². The van der Waals surface area contributed by atoms with Crippen LogP contribution in [0.25, 0.3) is 0 Å². The van der Waals surface area contributed by atoms with Crippen molar-refractivity contribution in [1.82, 2.24) is 4.90 Å². The van der Waals surface area contributed by atoms with Crippen LogP contribution in [0.15, 0.2) is 30.3 Å². The predicted molar refractivity (Wildman–Crippen MR) is 49.9 cm³/mol. The Kier molecular flexibility index (Phi) is 2.37. The van der Waals surface area contributed by atoms with E-state index in [1.54, 1.807) is 0 Å². The fourth-order valence-electron chi connectivity index (χ4n) is 1.56. The molecule has 1 aromatic carbocycles. The van der Waals surface area contributed by atoms with Gasteiger partial charge in [0.05, 0.1) is 13.2 Å². The van der Waals surface area contributed by atoms with Crippen LogP contribution in [0.3, 0.4) is 0 Å². The van der Waals surface area contributed by atoms with Crippen molar-refractivity contribution in [2.24, 2.45) is 0 Å². The van der Waals surface area contributed by atoms with Gasteiger partial charge in [-0.3, -0.25) is 4.90 Å². The Labute approximate surface area is 81.7 Å². The maximum atomic E-state index is 10.8. The maximum absolute atomic E-state index is 10.8. The molecule has 0 bridgehead atoms. The van der Waals surface area contributed by atoms with Gasteiger partial charge in [0, 0.05) is 5.56 Å². The monoisotopic (exact) mass is 193 g/mol. The van der Waals surface area contributed by atoms with Gasteiger partial charge in [0.2, 0.25) is 0 Å². The summed E-state index contributed by atoms with van der Waals surface area (Å²) in [7, 11) is 0. The van der Waals surface area contributed by atoms with Crippen molar-refractivity contribution in [3.63, 3.8) is 0 Å². The number of carboxylic acid groups (broad SMARTS) is 1. The van der Waals surface area contributed by atoms with Gasteiger partial charge in [0.1, 0.15) is 0 Å². The largest absolute Gasteiger partial charge is 0.465 e. The zero-order chi connectivity index (χ0) is 9.97. The van der Waals surface area contributed by atoms with Crippen molar-refractivity contribution in [3.05, 3.63) is 35.9 Å². The molecule has 0 spiro atoms. The minimum Gasteiger partial charge on any atom is -0.465 e. The van der Waals surface area contributed by atoms with Gasteiger partial charge >= 0.3 is 6.09 Å². The van der Waals surface area contributed by atoms with Crippen LogP contribution in [-0.4, -0.2) is 29.3 Å². The van der Waals surface area contributed by atoms with Crippen molar-refractivity contribution in [2.75, 3.05) is 13.2 Å². The maximum Gasteiger partial charge on any atom is 0.409 e. The Morgan fingerprint density at radius 3 is 2.79 bits per heavy atom. The quantitative estimate of drug-likeness (QED) is 0.738. The van der Waals surface area contributed by atoms with Crippen LogP contribution in [0.1, 0.15) is 11.8 Å². The summed E-state index contributed by atoms with van der Waals surface area (Å²) < 4.78 is 5.36. The number of hydrogen-bond donors (Lipinski definition) is 1. The molecule has 0 aromatic heterocycles. The van der Waals surface area contributed by atoms with Gasteiger partial charge in [-0.2, -0.15) is 0 Å². The summed E-state index contributed by atoms with van der Waals surface area (Å²) >= 11 is 0. The molecule has 1 aliphatic heterocycles. The van der Waals surface area contributed by atoms with Crippen LogP contribution in [0.5, 0.6) is 0 Å². The third-order valence-corrected chi connectivity index (χ3v) is 2.22. The second-order valence-electron chi connectivity index (χ2n) is 3.11. The smallest absolute Gasteiger partial charge is 0.409 e. The van der Waals surface area contributed by atoms with Crippen LogP contribution < -0.4 is 0 Å². The first-order chi connectivity index (χ1) is 6.79. The zero-order valence-electron chi connectivity index (χ0n) is 7.59. The van der Waals surface area contributed by atoms with Crippen molar-refractivity contribution in [1.29, 1.82) is 0 Å². The lowest BCUT2D eigenvalue weighted by Gasteiger charge is -2.19.